The number of carbonyl (C=O) groups is 1. The maximum Gasteiger partial charge on any atom is 0.255 e. The van der Waals surface area contributed by atoms with Crippen LogP contribution in [0, 0.1) is 19.8 Å². The number of likely N-dealkylation sites (tertiary alicyclic amines) is 1. The van der Waals surface area contributed by atoms with Crippen molar-refractivity contribution in [1.82, 2.24) is 19.7 Å². The van der Waals surface area contributed by atoms with Crippen LogP contribution < -0.4 is 0 Å². The molecule has 0 spiro atoms. The zero-order valence-electron chi connectivity index (χ0n) is 16.0. The molecule has 0 bridgehead atoms. The van der Waals surface area contributed by atoms with Crippen LogP contribution in [-0.4, -0.2) is 65.5 Å². The molecule has 5 nitrogen and oxygen atoms in total. The van der Waals surface area contributed by atoms with Gasteiger partial charge < -0.3 is 9.88 Å². The number of hydrogen-bond donors (Lipinski definition) is 1. The van der Waals surface area contributed by atoms with Gasteiger partial charge in [0.05, 0.1) is 6.67 Å². The van der Waals surface area contributed by atoms with Crippen LogP contribution in [-0.2, 0) is 4.79 Å². The van der Waals surface area contributed by atoms with Crippen molar-refractivity contribution in [3.63, 3.8) is 0 Å². The number of hydrogen-bond acceptors (Lipinski definition) is 3. The smallest absolute Gasteiger partial charge is 0.255 e. The highest BCUT2D eigenvalue weighted by molar-refractivity contribution is 6.03. The first kappa shape index (κ1) is 17.3. The van der Waals surface area contributed by atoms with Gasteiger partial charge in [0.25, 0.3) is 5.91 Å². The largest absolute Gasteiger partial charge is 0.359 e. The summed E-state index contributed by atoms with van der Waals surface area (Å²) in [5.41, 5.74) is 5.45. The molecular weight excluding hydrogens is 324 g/mol. The van der Waals surface area contributed by atoms with E-state index in [-0.39, 0.29) is 11.8 Å². The van der Waals surface area contributed by atoms with Crippen LogP contribution in [0.3, 0.4) is 0 Å². The summed E-state index contributed by atoms with van der Waals surface area (Å²) in [6.45, 7) is 9.00. The van der Waals surface area contributed by atoms with Gasteiger partial charge in [-0.15, -0.1) is 0 Å². The minimum Gasteiger partial charge on any atom is -0.359 e. The van der Waals surface area contributed by atoms with Crippen molar-refractivity contribution in [2.45, 2.75) is 20.3 Å². The SMILES string of the molecule is Cc1cc(C)c(/C=C2\C(=O)N(CN3CCN(C)CC3)C3=CC=CCC32)[nH]1. The highest BCUT2D eigenvalue weighted by Gasteiger charge is 2.40. The Labute approximate surface area is 155 Å². The summed E-state index contributed by atoms with van der Waals surface area (Å²) >= 11 is 0. The minimum absolute atomic E-state index is 0.163. The van der Waals surface area contributed by atoms with Crippen molar-refractivity contribution < 1.29 is 4.79 Å². The van der Waals surface area contributed by atoms with Gasteiger partial charge in [0.2, 0.25) is 0 Å². The summed E-state index contributed by atoms with van der Waals surface area (Å²) in [5.74, 6) is 0.346. The molecule has 2 aliphatic heterocycles. The third-order valence-electron chi connectivity index (χ3n) is 5.74. The summed E-state index contributed by atoms with van der Waals surface area (Å²) in [6.07, 6.45) is 9.36. The van der Waals surface area contributed by atoms with Crippen LogP contribution in [0.5, 0.6) is 0 Å². The Morgan fingerprint density at radius 2 is 2.00 bits per heavy atom. The highest BCUT2D eigenvalue weighted by atomic mass is 16.2. The number of piperazine rings is 1. The van der Waals surface area contributed by atoms with E-state index in [0.717, 1.165) is 55.3 Å². The molecule has 1 aromatic rings. The van der Waals surface area contributed by atoms with Crippen LogP contribution in [0.1, 0.15) is 23.4 Å². The van der Waals surface area contributed by atoms with Crippen molar-refractivity contribution in [2.75, 3.05) is 39.9 Å². The zero-order valence-corrected chi connectivity index (χ0v) is 16.0. The summed E-state index contributed by atoms with van der Waals surface area (Å²) in [4.78, 5) is 23.4. The summed E-state index contributed by atoms with van der Waals surface area (Å²) in [6, 6.07) is 2.13. The number of likely N-dealkylation sites (N-methyl/N-ethyl adjacent to an activating group) is 1. The minimum atomic E-state index is 0.163. The second-order valence-electron chi connectivity index (χ2n) is 7.75. The number of amides is 1. The molecule has 1 unspecified atom stereocenters. The van der Waals surface area contributed by atoms with E-state index in [1.807, 2.05) is 4.90 Å². The van der Waals surface area contributed by atoms with Gasteiger partial charge in [0, 0.05) is 54.8 Å². The predicted octanol–water partition coefficient (Wildman–Crippen LogP) is 2.52. The highest BCUT2D eigenvalue weighted by Crippen LogP contribution is 2.39. The van der Waals surface area contributed by atoms with E-state index < -0.39 is 0 Å². The second-order valence-corrected chi connectivity index (χ2v) is 7.75. The molecule has 3 aliphatic rings. The fraction of sp³-hybridized carbons (Fsp3) is 0.476. The van der Waals surface area contributed by atoms with E-state index in [9.17, 15) is 4.79 Å². The summed E-state index contributed by atoms with van der Waals surface area (Å²) in [7, 11) is 2.16. The van der Waals surface area contributed by atoms with Crippen LogP contribution in [0.25, 0.3) is 6.08 Å². The van der Waals surface area contributed by atoms with Crippen LogP contribution >= 0.6 is 0 Å². The Hall–Kier alpha value is -2.11. The number of aromatic nitrogens is 1. The topological polar surface area (TPSA) is 42.6 Å². The van der Waals surface area contributed by atoms with Crippen LogP contribution in [0.15, 0.2) is 35.6 Å². The van der Waals surface area contributed by atoms with Crippen molar-refractivity contribution in [3.8, 4) is 0 Å². The first-order valence-electron chi connectivity index (χ1n) is 9.50. The molecule has 5 heteroatoms. The van der Waals surface area contributed by atoms with Crippen LogP contribution in [0.4, 0.5) is 0 Å². The first-order valence-corrected chi connectivity index (χ1v) is 9.50. The van der Waals surface area contributed by atoms with Gasteiger partial charge in [0.1, 0.15) is 0 Å². The number of nitrogens with zero attached hydrogens (tertiary/aromatic N) is 3. The van der Waals surface area contributed by atoms with Gasteiger partial charge in [-0.1, -0.05) is 12.2 Å². The van der Waals surface area contributed by atoms with E-state index in [2.05, 4.69) is 66.0 Å². The fourth-order valence-corrected chi connectivity index (χ4v) is 4.16. The third-order valence-corrected chi connectivity index (χ3v) is 5.74. The van der Waals surface area contributed by atoms with Gasteiger partial charge in [-0.05, 0) is 51.1 Å². The second kappa shape index (κ2) is 6.89. The molecule has 26 heavy (non-hydrogen) atoms. The van der Waals surface area contributed by atoms with Crippen molar-refractivity contribution in [1.29, 1.82) is 0 Å². The molecule has 138 valence electrons. The normalized spacial score (nSPS) is 25.9. The molecule has 1 amide bonds. The van der Waals surface area contributed by atoms with Gasteiger partial charge in [-0.3, -0.25) is 14.6 Å². The van der Waals surface area contributed by atoms with Gasteiger partial charge in [0.15, 0.2) is 0 Å². The van der Waals surface area contributed by atoms with Gasteiger partial charge in [-0.2, -0.15) is 0 Å². The van der Waals surface area contributed by atoms with E-state index in [4.69, 9.17) is 0 Å². The number of carbonyl (C=O) groups excluding carboxylic acids is 1. The van der Waals surface area contributed by atoms with Gasteiger partial charge >= 0.3 is 0 Å². The average molecular weight is 352 g/mol. The molecule has 1 N–H and O–H groups in total. The van der Waals surface area contributed by atoms with E-state index in [1.54, 1.807) is 0 Å². The Morgan fingerprint density at radius 1 is 1.23 bits per heavy atom. The van der Waals surface area contributed by atoms with Crippen molar-refractivity contribution >= 4 is 12.0 Å². The number of rotatable bonds is 3. The zero-order chi connectivity index (χ0) is 18.3. The molecule has 0 aromatic carbocycles. The molecule has 0 radical (unpaired) electrons. The Balaban J connectivity index is 1.61. The Kier molecular flexibility index (Phi) is 4.59. The molecular formula is C21H28N4O. The lowest BCUT2D eigenvalue weighted by atomic mass is 9.91. The number of aryl methyl sites for hydroxylation is 2. The molecule has 1 atom stereocenters. The number of allylic oxidation sites excluding steroid dienone is 4. The summed E-state index contributed by atoms with van der Waals surface area (Å²) < 4.78 is 0. The molecule has 0 saturated carbocycles. The first-order chi connectivity index (χ1) is 12.5. The maximum atomic E-state index is 13.3. The Bertz CT molecular complexity index is 793. The molecule has 1 aromatic heterocycles. The maximum absolute atomic E-state index is 13.3. The molecule has 2 fully saturated rings. The standard InChI is InChI=1S/C21H28N4O/c1-15-12-16(2)22-19(15)13-18-17-6-4-5-7-20(17)25(21(18)26)14-24-10-8-23(3)9-11-24/h4-5,7,12-13,17,22H,6,8-11,14H2,1-3H3/b18-13-. The number of fused-ring (bicyclic) bond motifs is 1. The van der Waals surface area contributed by atoms with Crippen molar-refractivity contribution in [3.05, 3.63) is 52.5 Å². The van der Waals surface area contributed by atoms with Crippen LogP contribution in [0.2, 0.25) is 0 Å². The Morgan fingerprint density at radius 3 is 2.69 bits per heavy atom. The molecule has 2 saturated heterocycles. The fourth-order valence-electron chi connectivity index (χ4n) is 4.16. The predicted molar refractivity (Wildman–Crippen MR) is 104 cm³/mol. The lowest BCUT2D eigenvalue weighted by Gasteiger charge is -2.35. The summed E-state index contributed by atoms with van der Waals surface area (Å²) in [5, 5.41) is 0. The number of nitrogens with one attached hydrogen (secondary N) is 1. The molecule has 1 aliphatic carbocycles. The van der Waals surface area contributed by atoms with Crippen molar-refractivity contribution in [2.24, 2.45) is 5.92 Å². The van der Waals surface area contributed by atoms with E-state index in [0.29, 0.717) is 6.67 Å². The lowest BCUT2D eigenvalue weighted by Crippen LogP contribution is -2.48. The average Bonchev–Trinajstić information content (AvgIpc) is 3.08. The monoisotopic (exact) mass is 352 g/mol. The molecule has 4 rings (SSSR count). The van der Waals surface area contributed by atoms with Gasteiger partial charge in [-0.25, -0.2) is 0 Å². The van der Waals surface area contributed by atoms with E-state index >= 15 is 0 Å². The lowest BCUT2D eigenvalue weighted by molar-refractivity contribution is -0.125. The quantitative estimate of drug-likeness (QED) is 0.850. The number of aromatic amines is 1. The molecule has 3 heterocycles. The number of H-pyrrole nitrogens is 1. The van der Waals surface area contributed by atoms with E-state index in [1.165, 1.54) is 5.56 Å². The third kappa shape index (κ3) is 3.17.